The molecular formula is C24H32N4O5. The first kappa shape index (κ1) is 24.3. The minimum atomic E-state index is -0.417. The first-order valence-electron chi connectivity index (χ1n) is 11.2. The van der Waals surface area contributed by atoms with E-state index in [1.165, 1.54) is 0 Å². The van der Waals surface area contributed by atoms with E-state index in [1.807, 2.05) is 24.3 Å². The number of hydrogen-bond donors (Lipinski definition) is 2. The Morgan fingerprint density at radius 3 is 2.82 bits per heavy atom. The molecule has 1 fully saturated rings. The normalized spacial score (nSPS) is 19.2. The van der Waals surface area contributed by atoms with E-state index in [0.29, 0.717) is 36.6 Å². The molecule has 0 saturated carbocycles. The zero-order chi connectivity index (χ0) is 23.8. The number of carbonyl (C=O) groups excluding carboxylic acids is 3. The Bertz CT molecular complexity index is 973. The third-order valence-corrected chi connectivity index (χ3v) is 5.80. The molecule has 178 valence electrons. The van der Waals surface area contributed by atoms with Crippen LogP contribution in [0.2, 0.25) is 0 Å². The molecule has 1 aromatic carbocycles. The number of nitrogens with one attached hydrogen (secondary N) is 2. The van der Waals surface area contributed by atoms with Crippen molar-refractivity contribution in [3.8, 4) is 5.75 Å². The van der Waals surface area contributed by atoms with Gasteiger partial charge in [-0.2, -0.15) is 0 Å². The number of rotatable bonds is 7. The zero-order valence-corrected chi connectivity index (χ0v) is 19.4. The minimum Gasteiger partial charge on any atom is -0.497 e. The number of aryl methyl sites for hydroxylation is 1. The van der Waals surface area contributed by atoms with Crippen LogP contribution in [0.1, 0.15) is 42.7 Å². The van der Waals surface area contributed by atoms with Gasteiger partial charge >= 0.3 is 0 Å². The van der Waals surface area contributed by atoms with Crippen LogP contribution in [0.25, 0.3) is 0 Å². The maximum absolute atomic E-state index is 12.7. The van der Waals surface area contributed by atoms with E-state index in [1.54, 1.807) is 32.0 Å². The number of methoxy groups -OCH3 is 1. The van der Waals surface area contributed by atoms with Crippen LogP contribution in [0, 0.1) is 12.8 Å². The molecule has 0 bridgehead atoms. The summed E-state index contributed by atoms with van der Waals surface area (Å²) < 4.78 is 10.2. The highest BCUT2D eigenvalue weighted by Gasteiger charge is 2.27. The van der Waals surface area contributed by atoms with Crippen molar-refractivity contribution in [1.82, 2.24) is 20.7 Å². The summed E-state index contributed by atoms with van der Waals surface area (Å²) in [4.78, 5) is 39.6. The van der Waals surface area contributed by atoms with Gasteiger partial charge < -0.3 is 24.8 Å². The Hall–Kier alpha value is -3.36. The highest BCUT2D eigenvalue weighted by molar-refractivity contribution is 5.86. The second-order valence-corrected chi connectivity index (χ2v) is 8.55. The van der Waals surface area contributed by atoms with Crippen molar-refractivity contribution in [2.45, 2.75) is 51.6 Å². The van der Waals surface area contributed by atoms with Gasteiger partial charge in [-0.15, -0.1) is 0 Å². The number of nitrogens with zero attached hydrogens (tertiary/aromatic N) is 2. The Kier molecular flexibility index (Phi) is 8.46. The summed E-state index contributed by atoms with van der Waals surface area (Å²) in [5.74, 6) is 0.582. The van der Waals surface area contributed by atoms with Crippen molar-refractivity contribution >= 4 is 17.7 Å². The van der Waals surface area contributed by atoms with Gasteiger partial charge in [-0.3, -0.25) is 14.4 Å². The highest BCUT2D eigenvalue weighted by Crippen LogP contribution is 2.19. The van der Waals surface area contributed by atoms with Crippen LogP contribution in [0.4, 0.5) is 0 Å². The molecule has 2 N–H and O–H groups in total. The van der Waals surface area contributed by atoms with E-state index < -0.39 is 5.92 Å². The summed E-state index contributed by atoms with van der Waals surface area (Å²) in [6, 6.07) is 8.99. The van der Waals surface area contributed by atoms with Gasteiger partial charge in [0, 0.05) is 38.0 Å². The van der Waals surface area contributed by atoms with Crippen molar-refractivity contribution in [2.75, 3.05) is 20.7 Å². The fourth-order valence-electron chi connectivity index (χ4n) is 4.01. The van der Waals surface area contributed by atoms with Crippen LogP contribution < -0.4 is 15.4 Å². The van der Waals surface area contributed by atoms with Crippen LogP contribution in [-0.2, 0) is 27.3 Å². The molecule has 9 heteroatoms. The average Bonchev–Trinajstić information content (AvgIpc) is 3.22. The number of amides is 3. The standard InChI is InChI=1S/C24H32N4O5/c1-16-10-20(27-33-16)14-25-24(31)18-7-5-8-19(15-28(2)23(30)13-18)26-22(29)12-17-6-4-9-21(11-17)32-3/h4,6,9-11,18-19H,5,7-8,12-15H2,1-3H3,(H,25,31)(H,26,29). The summed E-state index contributed by atoms with van der Waals surface area (Å²) in [6.45, 7) is 2.46. The Morgan fingerprint density at radius 1 is 1.27 bits per heavy atom. The van der Waals surface area contributed by atoms with Gasteiger partial charge in [0.1, 0.15) is 17.2 Å². The van der Waals surface area contributed by atoms with Crippen molar-refractivity contribution in [1.29, 1.82) is 0 Å². The molecule has 3 amide bonds. The maximum atomic E-state index is 12.7. The second kappa shape index (κ2) is 11.5. The molecule has 0 spiro atoms. The van der Waals surface area contributed by atoms with E-state index in [4.69, 9.17) is 9.26 Å². The molecule has 3 rings (SSSR count). The maximum Gasteiger partial charge on any atom is 0.224 e. The summed E-state index contributed by atoms with van der Waals surface area (Å²) in [5, 5.41) is 9.78. The van der Waals surface area contributed by atoms with E-state index in [9.17, 15) is 14.4 Å². The lowest BCUT2D eigenvalue weighted by molar-refractivity contribution is -0.135. The SMILES string of the molecule is COc1cccc(CC(=O)NC2CCCC(C(=O)NCc3cc(C)on3)CC(=O)N(C)C2)c1. The number of benzene rings is 1. The van der Waals surface area contributed by atoms with E-state index in [0.717, 1.165) is 12.0 Å². The lowest BCUT2D eigenvalue weighted by atomic mass is 9.96. The third kappa shape index (κ3) is 7.34. The molecule has 2 atom stereocenters. The molecule has 33 heavy (non-hydrogen) atoms. The lowest BCUT2D eigenvalue weighted by Crippen LogP contribution is -2.44. The average molecular weight is 457 g/mol. The van der Waals surface area contributed by atoms with Crippen molar-refractivity contribution < 1.29 is 23.6 Å². The van der Waals surface area contributed by atoms with Gasteiger partial charge in [0.15, 0.2) is 0 Å². The molecule has 1 saturated heterocycles. The molecule has 0 radical (unpaired) electrons. The van der Waals surface area contributed by atoms with Gasteiger partial charge in [0.05, 0.1) is 20.1 Å². The monoisotopic (exact) mass is 456 g/mol. The molecular weight excluding hydrogens is 424 g/mol. The minimum absolute atomic E-state index is 0.106. The predicted octanol–water partition coefficient (Wildman–Crippen LogP) is 1.98. The van der Waals surface area contributed by atoms with Gasteiger partial charge in [0.2, 0.25) is 17.7 Å². The van der Waals surface area contributed by atoms with Crippen LogP contribution in [0.15, 0.2) is 34.9 Å². The predicted molar refractivity (Wildman–Crippen MR) is 121 cm³/mol. The summed E-state index contributed by atoms with van der Waals surface area (Å²) in [5.41, 5.74) is 1.50. The number of aromatic nitrogens is 1. The van der Waals surface area contributed by atoms with Crippen molar-refractivity contribution in [3.63, 3.8) is 0 Å². The summed E-state index contributed by atoms with van der Waals surface area (Å²) in [7, 11) is 3.30. The second-order valence-electron chi connectivity index (χ2n) is 8.55. The number of likely N-dealkylation sites (N-methyl/N-ethyl adjacent to an activating group) is 1. The van der Waals surface area contributed by atoms with Crippen LogP contribution >= 0.6 is 0 Å². The van der Waals surface area contributed by atoms with Gasteiger partial charge in [0.25, 0.3) is 0 Å². The Balaban J connectivity index is 1.54. The smallest absolute Gasteiger partial charge is 0.224 e. The van der Waals surface area contributed by atoms with Crippen molar-refractivity contribution in [2.24, 2.45) is 5.92 Å². The largest absolute Gasteiger partial charge is 0.497 e. The highest BCUT2D eigenvalue weighted by atomic mass is 16.5. The topological polar surface area (TPSA) is 114 Å². The molecule has 2 aromatic rings. The number of hydrogen-bond acceptors (Lipinski definition) is 6. The van der Waals surface area contributed by atoms with Crippen LogP contribution in [0.3, 0.4) is 0 Å². The molecule has 1 aromatic heterocycles. The van der Waals surface area contributed by atoms with Gasteiger partial charge in [-0.25, -0.2) is 0 Å². The molecule has 9 nitrogen and oxygen atoms in total. The molecule has 2 unspecified atom stereocenters. The zero-order valence-electron chi connectivity index (χ0n) is 19.4. The number of carbonyl (C=O) groups is 3. The van der Waals surface area contributed by atoms with Crippen molar-refractivity contribution in [3.05, 3.63) is 47.3 Å². The fraction of sp³-hybridized carbons (Fsp3) is 0.500. The quantitative estimate of drug-likeness (QED) is 0.659. The van der Waals surface area contributed by atoms with E-state index in [2.05, 4.69) is 15.8 Å². The molecule has 2 heterocycles. The third-order valence-electron chi connectivity index (χ3n) is 5.80. The molecule has 0 aliphatic carbocycles. The Morgan fingerprint density at radius 2 is 2.09 bits per heavy atom. The van der Waals surface area contributed by atoms with E-state index >= 15 is 0 Å². The first-order chi connectivity index (χ1) is 15.8. The van der Waals surface area contributed by atoms with Crippen LogP contribution in [0.5, 0.6) is 5.75 Å². The molecule has 1 aliphatic heterocycles. The summed E-state index contributed by atoms with van der Waals surface area (Å²) >= 11 is 0. The first-order valence-corrected chi connectivity index (χ1v) is 11.2. The van der Waals surface area contributed by atoms with Gasteiger partial charge in [-0.1, -0.05) is 23.7 Å². The fourth-order valence-corrected chi connectivity index (χ4v) is 4.01. The van der Waals surface area contributed by atoms with E-state index in [-0.39, 0.29) is 43.1 Å². The summed E-state index contributed by atoms with van der Waals surface area (Å²) in [6.07, 6.45) is 2.37. The van der Waals surface area contributed by atoms with Crippen LogP contribution in [-0.4, -0.2) is 54.5 Å². The molecule has 1 aliphatic rings. The number of ether oxygens (including phenoxy) is 1. The Labute approximate surface area is 193 Å². The lowest BCUT2D eigenvalue weighted by Gasteiger charge is -2.24. The van der Waals surface area contributed by atoms with Gasteiger partial charge in [-0.05, 0) is 37.5 Å².